The lowest BCUT2D eigenvalue weighted by Gasteiger charge is -2.32. The van der Waals surface area contributed by atoms with Gasteiger partial charge in [0, 0.05) is 38.7 Å². The monoisotopic (exact) mass is 288 g/mol. The van der Waals surface area contributed by atoms with Crippen LogP contribution in [0.15, 0.2) is 18.2 Å². The van der Waals surface area contributed by atoms with Crippen molar-refractivity contribution in [2.75, 3.05) is 27.2 Å². The zero-order chi connectivity index (χ0) is 15.6. The molecule has 2 amide bonds. The van der Waals surface area contributed by atoms with Crippen LogP contribution in [0.5, 0.6) is 0 Å². The number of amides is 2. The van der Waals surface area contributed by atoms with E-state index in [1.165, 1.54) is 5.56 Å². The highest BCUT2D eigenvalue weighted by Gasteiger charge is 2.28. The molecular weight excluding hydrogens is 264 g/mol. The summed E-state index contributed by atoms with van der Waals surface area (Å²) in [5.74, 6) is 0.319. The van der Waals surface area contributed by atoms with Crippen molar-refractivity contribution in [3.63, 3.8) is 0 Å². The zero-order valence-corrected chi connectivity index (χ0v) is 13.3. The fraction of sp³-hybridized carbons (Fsp3) is 0.529. The van der Waals surface area contributed by atoms with Crippen LogP contribution in [0.2, 0.25) is 0 Å². The number of carbonyl (C=O) groups is 2. The molecule has 0 bridgehead atoms. The van der Waals surface area contributed by atoms with E-state index in [9.17, 15) is 9.59 Å². The van der Waals surface area contributed by atoms with Crippen LogP contribution in [0.4, 0.5) is 0 Å². The molecule has 0 spiro atoms. The second kappa shape index (κ2) is 6.29. The number of aryl methyl sites for hydroxylation is 2. The highest BCUT2D eigenvalue weighted by molar-refractivity contribution is 5.95. The van der Waals surface area contributed by atoms with Crippen molar-refractivity contribution in [1.82, 2.24) is 9.80 Å². The van der Waals surface area contributed by atoms with Crippen molar-refractivity contribution < 1.29 is 9.59 Å². The third-order valence-corrected chi connectivity index (χ3v) is 4.18. The molecule has 0 atom stereocenters. The van der Waals surface area contributed by atoms with E-state index in [4.69, 9.17) is 0 Å². The molecule has 4 heteroatoms. The second-order valence-corrected chi connectivity index (χ2v) is 6.12. The van der Waals surface area contributed by atoms with Gasteiger partial charge in [-0.3, -0.25) is 9.59 Å². The Bertz CT molecular complexity index is 544. The third kappa shape index (κ3) is 3.43. The lowest BCUT2D eigenvalue weighted by atomic mass is 9.94. The van der Waals surface area contributed by atoms with Crippen LogP contribution in [-0.4, -0.2) is 48.8 Å². The molecule has 0 N–H and O–H groups in total. The minimum absolute atomic E-state index is 0.0585. The lowest BCUT2D eigenvalue weighted by molar-refractivity contribution is -0.134. The van der Waals surface area contributed by atoms with Crippen molar-refractivity contribution in [2.24, 2.45) is 5.92 Å². The second-order valence-electron chi connectivity index (χ2n) is 6.12. The maximum Gasteiger partial charge on any atom is 0.254 e. The molecule has 0 radical (unpaired) electrons. The maximum atomic E-state index is 12.6. The molecule has 1 fully saturated rings. The number of nitrogens with zero attached hydrogens (tertiary/aromatic N) is 2. The number of hydrogen-bond acceptors (Lipinski definition) is 2. The fourth-order valence-corrected chi connectivity index (χ4v) is 2.92. The fourth-order valence-electron chi connectivity index (χ4n) is 2.92. The molecule has 2 rings (SSSR count). The average Bonchev–Trinajstić information content (AvgIpc) is 2.46. The largest absolute Gasteiger partial charge is 0.349 e. The van der Waals surface area contributed by atoms with Gasteiger partial charge in [-0.1, -0.05) is 17.7 Å². The molecule has 4 nitrogen and oxygen atoms in total. The molecule has 1 aromatic rings. The van der Waals surface area contributed by atoms with Crippen molar-refractivity contribution in [1.29, 1.82) is 0 Å². The molecule has 1 aliphatic heterocycles. The van der Waals surface area contributed by atoms with E-state index in [2.05, 4.69) is 0 Å². The number of hydrogen-bond donors (Lipinski definition) is 0. The van der Waals surface area contributed by atoms with Gasteiger partial charge in [0.15, 0.2) is 0 Å². The van der Waals surface area contributed by atoms with Crippen molar-refractivity contribution in [3.05, 3.63) is 34.9 Å². The molecule has 1 aromatic carbocycles. The molecule has 0 saturated carbocycles. The Morgan fingerprint density at radius 2 is 1.76 bits per heavy atom. The van der Waals surface area contributed by atoms with E-state index in [1.54, 1.807) is 19.0 Å². The Kier molecular flexibility index (Phi) is 4.66. The van der Waals surface area contributed by atoms with Gasteiger partial charge in [0.05, 0.1) is 0 Å². The maximum absolute atomic E-state index is 12.6. The topological polar surface area (TPSA) is 40.6 Å². The number of likely N-dealkylation sites (tertiary alicyclic amines) is 1. The van der Waals surface area contributed by atoms with Gasteiger partial charge < -0.3 is 9.80 Å². The summed E-state index contributed by atoms with van der Waals surface area (Å²) in [7, 11) is 3.57. The number of carbonyl (C=O) groups excluding carboxylic acids is 2. The van der Waals surface area contributed by atoms with Gasteiger partial charge in [0.25, 0.3) is 5.91 Å². The molecule has 1 aliphatic rings. The zero-order valence-electron chi connectivity index (χ0n) is 13.3. The number of piperidine rings is 1. The van der Waals surface area contributed by atoms with Gasteiger partial charge in [-0.15, -0.1) is 0 Å². The normalized spacial score (nSPS) is 15.9. The third-order valence-electron chi connectivity index (χ3n) is 4.18. The highest BCUT2D eigenvalue weighted by atomic mass is 16.2. The SMILES string of the molecule is Cc1ccc(C(=O)N2CCC(C(=O)N(C)C)CC2)c(C)c1. The minimum atomic E-state index is 0.0585. The van der Waals surface area contributed by atoms with Crippen LogP contribution >= 0.6 is 0 Å². The molecule has 1 saturated heterocycles. The van der Waals surface area contributed by atoms with E-state index < -0.39 is 0 Å². The first-order valence-electron chi connectivity index (χ1n) is 7.48. The van der Waals surface area contributed by atoms with E-state index in [-0.39, 0.29) is 17.7 Å². The molecular formula is C17H24N2O2. The molecule has 0 aromatic heterocycles. The van der Waals surface area contributed by atoms with Crippen molar-refractivity contribution in [3.8, 4) is 0 Å². The summed E-state index contributed by atoms with van der Waals surface area (Å²) < 4.78 is 0. The van der Waals surface area contributed by atoms with E-state index in [0.717, 1.165) is 24.0 Å². The summed E-state index contributed by atoms with van der Waals surface area (Å²) in [6.45, 7) is 5.33. The smallest absolute Gasteiger partial charge is 0.254 e. The van der Waals surface area contributed by atoms with Gasteiger partial charge >= 0.3 is 0 Å². The molecule has 21 heavy (non-hydrogen) atoms. The standard InChI is InChI=1S/C17H24N2O2/c1-12-5-6-15(13(2)11-12)17(21)19-9-7-14(8-10-19)16(20)18(3)4/h5-6,11,14H,7-10H2,1-4H3. The Balaban J connectivity index is 2.02. The predicted octanol–water partition coefficient (Wildman–Crippen LogP) is 2.24. The quantitative estimate of drug-likeness (QED) is 0.837. The van der Waals surface area contributed by atoms with Crippen LogP contribution in [-0.2, 0) is 4.79 Å². The van der Waals surface area contributed by atoms with Crippen LogP contribution in [0.3, 0.4) is 0 Å². The number of benzene rings is 1. The Hall–Kier alpha value is -1.84. The van der Waals surface area contributed by atoms with Crippen LogP contribution in [0.25, 0.3) is 0 Å². The van der Waals surface area contributed by atoms with E-state index >= 15 is 0 Å². The average molecular weight is 288 g/mol. The highest BCUT2D eigenvalue weighted by Crippen LogP contribution is 2.21. The van der Waals surface area contributed by atoms with Crippen LogP contribution < -0.4 is 0 Å². The summed E-state index contributed by atoms with van der Waals surface area (Å²) in [6.07, 6.45) is 1.52. The first-order chi connectivity index (χ1) is 9.90. The summed E-state index contributed by atoms with van der Waals surface area (Å²) in [5.41, 5.74) is 2.96. The molecule has 0 aliphatic carbocycles. The number of rotatable bonds is 2. The first-order valence-corrected chi connectivity index (χ1v) is 7.48. The van der Waals surface area contributed by atoms with E-state index in [1.807, 2.05) is 36.9 Å². The predicted molar refractivity (Wildman–Crippen MR) is 83.2 cm³/mol. The van der Waals surface area contributed by atoms with Gasteiger partial charge in [0.1, 0.15) is 0 Å². The molecule has 114 valence electrons. The Morgan fingerprint density at radius 1 is 1.14 bits per heavy atom. The summed E-state index contributed by atoms with van der Waals surface area (Å²) >= 11 is 0. The van der Waals surface area contributed by atoms with E-state index in [0.29, 0.717) is 13.1 Å². The van der Waals surface area contributed by atoms with Gasteiger partial charge in [0.2, 0.25) is 5.91 Å². The van der Waals surface area contributed by atoms with Crippen LogP contribution in [0.1, 0.15) is 34.3 Å². The summed E-state index contributed by atoms with van der Waals surface area (Å²) in [6, 6.07) is 5.92. The Morgan fingerprint density at radius 3 is 2.29 bits per heavy atom. The molecule has 1 heterocycles. The summed E-state index contributed by atoms with van der Waals surface area (Å²) in [4.78, 5) is 28.0. The van der Waals surface area contributed by atoms with Gasteiger partial charge in [-0.05, 0) is 38.3 Å². The van der Waals surface area contributed by atoms with Gasteiger partial charge in [-0.25, -0.2) is 0 Å². The minimum Gasteiger partial charge on any atom is -0.349 e. The van der Waals surface area contributed by atoms with Crippen molar-refractivity contribution >= 4 is 11.8 Å². The van der Waals surface area contributed by atoms with Crippen LogP contribution in [0, 0.1) is 19.8 Å². The summed E-state index contributed by atoms with van der Waals surface area (Å²) in [5, 5.41) is 0. The first kappa shape index (κ1) is 15.5. The lowest BCUT2D eigenvalue weighted by Crippen LogP contribution is -2.42. The Labute approximate surface area is 126 Å². The van der Waals surface area contributed by atoms with Crippen molar-refractivity contribution in [2.45, 2.75) is 26.7 Å². The molecule has 0 unspecified atom stereocenters. The van der Waals surface area contributed by atoms with Gasteiger partial charge in [-0.2, -0.15) is 0 Å².